The molecule has 0 fully saturated rings. The molecule has 2 unspecified atom stereocenters. The van der Waals surface area contributed by atoms with Crippen LogP contribution >= 0.6 is 11.8 Å². The van der Waals surface area contributed by atoms with E-state index in [9.17, 15) is 9.90 Å². The Kier molecular flexibility index (Phi) is 6.08. The van der Waals surface area contributed by atoms with Crippen molar-refractivity contribution in [3.63, 3.8) is 0 Å². The molecule has 0 heterocycles. The Hall–Kier alpha value is -2.44. The number of hydrogen-bond acceptors (Lipinski definition) is 3. The highest BCUT2D eigenvalue weighted by atomic mass is 32.2. The number of terminal acetylenes is 1. The highest BCUT2D eigenvalue weighted by Gasteiger charge is 2.32. The molecule has 0 radical (unpaired) electrons. The molecule has 1 N–H and O–H groups in total. The van der Waals surface area contributed by atoms with Gasteiger partial charge in [0.25, 0.3) is 0 Å². The van der Waals surface area contributed by atoms with E-state index >= 15 is 0 Å². The van der Waals surface area contributed by atoms with Crippen LogP contribution in [0, 0.1) is 31.1 Å². The van der Waals surface area contributed by atoms with Gasteiger partial charge in [0.1, 0.15) is 5.76 Å². The average molecular weight is 377 g/mol. The second-order valence-electron chi connectivity index (χ2n) is 7.20. The van der Waals surface area contributed by atoms with Crippen LogP contribution in [0.3, 0.4) is 0 Å². The summed E-state index contributed by atoms with van der Waals surface area (Å²) in [6.45, 7) is 4.24. The Morgan fingerprint density at radius 3 is 2.56 bits per heavy atom. The number of thioether (sulfide) groups is 1. The van der Waals surface area contributed by atoms with E-state index in [2.05, 4.69) is 44.0 Å². The lowest BCUT2D eigenvalue weighted by atomic mass is 9.78. The molecule has 0 aliphatic heterocycles. The van der Waals surface area contributed by atoms with E-state index in [0.717, 1.165) is 5.75 Å². The molecule has 0 aromatic heterocycles. The maximum Gasteiger partial charge on any atom is 0.167 e. The second-order valence-corrected chi connectivity index (χ2v) is 8.30. The maximum atomic E-state index is 12.8. The second kappa shape index (κ2) is 8.50. The molecule has 2 aromatic carbocycles. The van der Waals surface area contributed by atoms with Crippen molar-refractivity contribution in [3.05, 3.63) is 71.0 Å². The number of aliphatic hydroxyl groups excluding tert-OH is 1. The fraction of sp³-hybridized carbons (Fsp3) is 0.292. The van der Waals surface area contributed by atoms with Crippen LogP contribution in [0.15, 0.2) is 59.2 Å². The number of aryl methyl sites for hydroxylation is 1. The van der Waals surface area contributed by atoms with Crippen molar-refractivity contribution in [1.29, 1.82) is 0 Å². The highest BCUT2D eigenvalue weighted by Crippen LogP contribution is 2.38. The molecule has 1 aliphatic carbocycles. The predicted octanol–water partition coefficient (Wildman–Crippen LogP) is 5.65. The van der Waals surface area contributed by atoms with Crippen LogP contribution in [0.5, 0.6) is 0 Å². The topological polar surface area (TPSA) is 37.3 Å². The first-order chi connectivity index (χ1) is 13.0. The molecule has 2 aromatic rings. The van der Waals surface area contributed by atoms with Gasteiger partial charge in [-0.1, -0.05) is 48.7 Å². The Morgan fingerprint density at radius 2 is 1.89 bits per heavy atom. The van der Waals surface area contributed by atoms with Gasteiger partial charge in [-0.25, -0.2) is 0 Å². The lowest BCUT2D eigenvalue weighted by Gasteiger charge is -2.28. The molecule has 0 saturated carbocycles. The molecule has 2 nitrogen and oxygen atoms in total. The number of hydrogen-bond donors (Lipinski definition) is 1. The van der Waals surface area contributed by atoms with Crippen LogP contribution in [0.2, 0.25) is 0 Å². The van der Waals surface area contributed by atoms with E-state index in [1.807, 2.05) is 18.2 Å². The van der Waals surface area contributed by atoms with Crippen molar-refractivity contribution in [2.24, 2.45) is 11.8 Å². The molecule has 0 bridgehead atoms. The van der Waals surface area contributed by atoms with Gasteiger partial charge in [0, 0.05) is 34.6 Å². The number of carbonyl (C=O) groups excluding carboxylic acids is 1. The monoisotopic (exact) mass is 376 g/mol. The first kappa shape index (κ1) is 19.3. The Balaban J connectivity index is 1.72. The van der Waals surface area contributed by atoms with Gasteiger partial charge >= 0.3 is 0 Å². The van der Waals surface area contributed by atoms with Gasteiger partial charge in [-0.05, 0) is 37.0 Å². The first-order valence-corrected chi connectivity index (χ1v) is 10.2. The molecule has 3 rings (SSSR count). The zero-order valence-corrected chi connectivity index (χ0v) is 16.6. The molecular formula is C24H24O2S. The van der Waals surface area contributed by atoms with Gasteiger partial charge in [0.05, 0.1) is 5.57 Å². The van der Waals surface area contributed by atoms with E-state index in [0.29, 0.717) is 35.5 Å². The van der Waals surface area contributed by atoms with Crippen molar-refractivity contribution in [2.45, 2.75) is 31.6 Å². The zero-order valence-electron chi connectivity index (χ0n) is 15.7. The average Bonchev–Trinajstić information content (AvgIpc) is 2.67. The number of Topliss-reactive ketones (excluding diaryl/α,β-unsaturated/α-hetero) is 1. The van der Waals surface area contributed by atoms with Gasteiger partial charge in [0.15, 0.2) is 5.78 Å². The number of carbonyl (C=O) groups is 1. The molecule has 138 valence electrons. The summed E-state index contributed by atoms with van der Waals surface area (Å²) in [6.07, 6.45) is 6.54. The molecule has 1 aliphatic rings. The van der Waals surface area contributed by atoms with Gasteiger partial charge in [-0.2, -0.15) is 0 Å². The van der Waals surface area contributed by atoms with E-state index in [4.69, 9.17) is 6.42 Å². The lowest BCUT2D eigenvalue weighted by molar-refractivity contribution is -0.115. The third kappa shape index (κ3) is 4.46. The third-order valence-corrected chi connectivity index (χ3v) is 6.46. The van der Waals surface area contributed by atoms with Gasteiger partial charge in [-0.15, -0.1) is 18.2 Å². The smallest absolute Gasteiger partial charge is 0.167 e. The predicted molar refractivity (Wildman–Crippen MR) is 113 cm³/mol. The fourth-order valence-electron chi connectivity index (χ4n) is 3.46. The maximum absolute atomic E-state index is 12.8. The summed E-state index contributed by atoms with van der Waals surface area (Å²) in [5, 5.41) is 10.6. The molecular weight excluding hydrogens is 352 g/mol. The van der Waals surface area contributed by atoms with Crippen LogP contribution in [-0.2, 0) is 4.79 Å². The standard InChI is InChI=1S/C24H24O2S/c1-4-18-7-5-6-8-21(18)24-22(25)13-19(14-23(24)26)17(3)15-27-20-11-9-16(2)10-12-20/h1,5-12,17,19,25H,13-15H2,2-3H3. The minimum Gasteiger partial charge on any atom is -0.512 e. The number of allylic oxidation sites excluding steroid dienone is 2. The summed E-state index contributed by atoms with van der Waals surface area (Å²) in [5.41, 5.74) is 2.97. The quantitative estimate of drug-likeness (QED) is 0.541. The fourth-order valence-corrected chi connectivity index (χ4v) is 4.51. The molecule has 27 heavy (non-hydrogen) atoms. The molecule has 3 heteroatoms. The molecule has 0 amide bonds. The summed E-state index contributed by atoms with van der Waals surface area (Å²) in [4.78, 5) is 14.0. The van der Waals surface area contributed by atoms with E-state index < -0.39 is 0 Å². The zero-order chi connectivity index (χ0) is 19.4. The van der Waals surface area contributed by atoms with Crippen LogP contribution in [0.25, 0.3) is 5.57 Å². The minimum atomic E-state index is -0.0152. The number of aliphatic hydroxyl groups is 1. The number of ketones is 1. The van der Waals surface area contributed by atoms with Crippen LogP contribution in [0.4, 0.5) is 0 Å². The summed E-state index contributed by atoms with van der Waals surface area (Å²) >= 11 is 1.80. The summed E-state index contributed by atoms with van der Waals surface area (Å²) in [7, 11) is 0. The first-order valence-electron chi connectivity index (χ1n) is 9.20. The van der Waals surface area contributed by atoms with Crippen LogP contribution in [-0.4, -0.2) is 16.6 Å². The highest BCUT2D eigenvalue weighted by molar-refractivity contribution is 7.99. The third-order valence-electron chi connectivity index (χ3n) is 5.16. The number of rotatable bonds is 5. The van der Waals surface area contributed by atoms with Crippen molar-refractivity contribution in [1.82, 2.24) is 0 Å². The van der Waals surface area contributed by atoms with Gasteiger partial charge < -0.3 is 5.11 Å². The molecule has 2 atom stereocenters. The Morgan fingerprint density at radius 1 is 1.19 bits per heavy atom. The minimum absolute atomic E-state index is 0.0152. The van der Waals surface area contributed by atoms with E-state index in [-0.39, 0.29) is 17.5 Å². The van der Waals surface area contributed by atoms with Crippen LogP contribution in [0.1, 0.15) is 36.5 Å². The van der Waals surface area contributed by atoms with Crippen molar-refractivity contribution in [3.8, 4) is 12.3 Å². The van der Waals surface area contributed by atoms with Crippen molar-refractivity contribution >= 4 is 23.1 Å². The summed E-state index contributed by atoms with van der Waals surface area (Å²) < 4.78 is 0. The largest absolute Gasteiger partial charge is 0.512 e. The SMILES string of the molecule is C#Cc1ccccc1C1=C(O)CC(C(C)CSc2ccc(C)cc2)CC1=O. The van der Waals surface area contributed by atoms with Crippen molar-refractivity contribution < 1.29 is 9.90 Å². The molecule has 0 spiro atoms. The summed E-state index contributed by atoms with van der Waals surface area (Å²) in [5.74, 6) is 4.16. The van der Waals surface area contributed by atoms with Crippen molar-refractivity contribution in [2.75, 3.05) is 5.75 Å². The van der Waals surface area contributed by atoms with Crippen LogP contribution < -0.4 is 0 Å². The number of benzene rings is 2. The molecule has 0 saturated heterocycles. The van der Waals surface area contributed by atoms with Gasteiger partial charge in [-0.3, -0.25) is 4.79 Å². The summed E-state index contributed by atoms with van der Waals surface area (Å²) in [6, 6.07) is 15.8. The van der Waals surface area contributed by atoms with Gasteiger partial charge in [0.2, 0.25) is 0 Å². The normalized spacial score (nSPS) is 18.3. The van der Waals surface area contributed by atoms with E-state index in [1.165, 1.54) is 10.5 Å². The Bertz CT molecular complexity index is 903. The Labute approximate surface area is 165 Å². The lowest BCUT2D eigenvalue weighted by Crippen LogP contribution is -2.25. The van der Waals surface area contributed by atoms with E-state index in [1.54, 1.807) is 17.8 Å².